The summed E-state index contributed by atoms with van der Waals surface area (Å²) >= 11 is 0. The molecule has 1 aliphatic rings. The van der Waals surface area contributed by atoms with Crippen LogP contribution in [0.25, 0.3) is 10.8 Å². The van der Waals surface area contributed by atoms with Gasteiger partial charge in [-0.2, -0.15) is 0 Å². The van der Waals surface area contributed by atoms with Gasteiger partial charge in [0.1, 0.15) is 5.75 Å². The van der Waals surface area contributed by atoms with Crippen LogP contribution in [-0.2, 0) is 4.74 Å². The Bertz CT molecular complexity index is 647. The van der Waals surface area contributed by atoms with E-state index < -0.39 is 0 Å². The number of nitrogens with one attached hydrogen (secondary N) is 1. The predicted octanol–water partition coefficient (Wildman–Crippen LogP) is 2.45. The lowest BCUT2D eigenvalue weighted by Gasteiger charge is -2.34. The van der Waals surface area contributed by atoms with Crippen LogP contribution in [0.15, 0.2) is 36.4 Å². The molecule has 0 unspecified atom stereocenters. The predicted molar refractivity (Wildman–Crippen MR) is 76.9 cm³/mol. The normalized spacial score (nSPS) is 21.4. The van der Waals surface area contributed by atoms with Crippen LogP contribution in [0.1, 0.15) is 23.2 Å². The van der Waals surface area contributed by atoms with Gasteiger partial charge in [0.05, 0.1) is 11.7 Å². The van der Waals surface area contributed by atoms with Crippen LogP contribution < -0.4 is 5.32 Å². The van der Waals surface area contributed by atoms with Gasteiger partial charge in [-0.25, -0.2) is 0 Å². The second kappa shape index (κ2) is 5.13. The lowest BCUT2D eigenvalue weighted by atomic mass is 9.89. The van der Waals surface area contributed by atoms with Gasteiger partial charge in [-0.05, 0) is 24.3 Å². The van der Waals surface area contributed by atoms with E-state index in [1.165, 1.54) is 0 Å². The first-order chi connectivity index (χ1) is 9.69. The molecule has 1 amide bonds. The highest BCUT2D eigenvalue weighted by molar-refractivity contribution is 6.03. The molecule has 0 aromatic heterocycles. The van der Waals surface area contributed by atoms with Crippen molar-refractivity contribution in [3.8, 4) is 5.75 Å². The van der Waals surface area contributed by atoms with E-state index in [2.05, 4.69) is 5.32 Å². The largest absolute Gasteiger partial charge is 0.506 e. The molecule has 0 saturated heterocycles. The summed E-state index contributed by atoms with van der Waals surface area (Å²) in [6.07, 6.45) is 1.90. The number of ether oxygens (including phenoxy) is 1. The Morgan fingerprint density at radius 2 is 2.00 bits per heavy atom. The number of aromatic hydroxyl groups is 1. The molecule has 0 bridgehead atoms. The van der Waals surface area contributed by atoms with Crippen molar-refractivity contribution in [1.29, 1.82) is 0 Å². The molecular formula is C16H17NO3. The lowest BCUT2D eigenvalue weighted by Crippen LogP contribution is -2.47. The SMILES string of the molecule is COC1CC(NC(=O)c2ccc3ccccc3c2O)C1. The van der Waals surface area contributed by atoms with Gasteiger partial charge in [0.2, 0.25) is 0 Å². The third-order valence-electron chi connectivity index (χ3n) is 3.91. The van der Waals surface area contributed by atoms with Gasteiger partial charge in [0, 0.05) is 18.5 Å². The lowest BCUT2D eigenvalue weighted by molar-refractivity contribution is 0.0176. The minimum absolute atomic E-state index is 0.0446. The maximum atomic E-state index is 12.2. The van der Waals surface area contributed by atoms with Crippen LogP contribution in [0.2, 0.25) is 0 Å². The van der Waals surface area contributed by atoms with Crippen LogP contribution in [0.3, 0.4) is 0 Å². The Hall–Kier alpha value is -2.07. The molecule has 4 heteroatoms. The number of benzene rings is 2. The molecule has 104 valence electrons. The first-order valence-electron chi connectivity index (χ1n) is 6.73. The minimum atomic E-state index is -0.229. The zero-order valence-corrected chi connectivity index (χ0v) is 11.3. The molecule has 0 heterocycles. The molecule has 0 aliphatic heterocycles. The number of rotatable bonds is 3. The number of phenols is 1. The van der Waals surface area contributed by atoms with E-state index in [4.69, 9.17) is 4.74 Å². The Kier molecular flexibility index (Phi) is 3.32. The Labute approximate surface area is 117 Å². The van der Waals surface area contributed by atoms with E-state index in [0.29, 0.717) is 10.9 Å². The van der Waals surface area contributed by atoms with Crippen LogP contribution in [-0.4, -0.2) is 30.3 Å². The Morgan fingerprint density at radius 3 is 2.75 bits per heavy atom. The van der Waals surface area contributed by atoms with Crippen molar-refractivity contribution in [1.82, 2.24) is 5.32 Å². The first-order valence-corrected chi connectivity index (χ1v) is 6.73. The van der Waals surface area contributed by atoms with E-state index in [0.717, 1.165) is 18.2 Å². The topological polar surface area (TPSA) is 58.6 Å². The van der Waals surface area contributed by atoms with Gasteiger partial charge in [-0.15, -0.1) is 0 Å². The molecule has 2 N–H and O–H groups in total. The van der Waals surface area contributed by atoms with Crippen molar-refractivity contribution >= 4 is 16.7 Å². The summed E-state index contributed by atoms with van der Waals surface area (Å²) in [5, 5.41) is 14.8. The van der Waals surface area contributed by atoms with E-state index in [1.54, 1.807) is 13.2 Å². The van der Waals surface area contributed by atoms with E-state index in [-0.39, 0.29) is 23.8 Å². The molecule has 3 rings (SSSR count). The monoisotopic (exact) mass is 271 g/mol. The van der Waals surface area contributed by atoms with Crippen molar-refractivity contribution in [2.45, 2.75) is 25.0 Å². The third kappa shape index (κ3) is 2.23. The van der Waals surface area contributed by atoms with Gasteiger partial charge in [0.25, 0.3) is 5.91 Å². The average Bonchev–Trinajstić information content (AvgIpc) is 2.42. The highest BCUT2D eigenvalue weighted by Crippen LogP contribution is 2.29. The van der Waals surface area contributed by atoms with Gasteiger partial charge in [-0.1, -0.05) is 30.3 Å². The zero-order chi connectivity index (χ0) is 14.1. The second-order valence-electron chi connectivity index (χ2n) is 5.18. The van der Waals surface area contributed by atoms with Gasteiger partial charge >= 0.3 is 0 Å². The molecule has 2 aromatic rings. The van der Waals surface area contributed by atoms with Gasteiger partial charge < -0.3 is 15.2 Å². The summed E-state index contributed by atoms with van der Waals surface area (Å²) in [5.41, 5.74) is 0.324. The van der Waals surface area contributed by atoms with Crippen molar-refractivity contribution < 1.29 is 14.6 Å². The molecule has 0 radical (unpaired) electrons. The van der Waals surface area contributed by atoms with Crippen molar-refractivity contribution in [2.75, 3.05) is 7.11 Å². The molecular weight excluding hydrogens is 254 g/mol. The van der Waals surface area contributed by atoms with Crippen molar-refractivity contribution in [3.05, 3.63) is 42.0 Å². The number of phenolic OH excluding ortho intramolecular Hbond substituents is 1. The minimum Gasteiger partial charge on any atom is -0.506 e. The van der Waals surface area contributed by atoms with Crippen LogP contribution in [0, 0.1) is 0 Å². The van der Waals surface area contributed by atoms with Crippen LogP contribution >= 0.6 is 0 Å². The first kappa shape index (κ1) is 12.9. The summed E-state index contributed by atoms with van der Waals surface area (Å²) in [5.74, 6) is -0.184. The molecule has 1 fully saturated rings. The fraction of sp³-hybridized carbons (Fsp3) is 0.312. The number of amides is 1. The molecule has 0 spiro atoms. The molecule has 4 nitrogen and oxygen atoms in total. The maximum absolute atomic E-state index is 12.2. The van der Waals surface area contributed by atoms with E-state index >= 15 is 0 Å². The molecule has 20 heavy (non-hydrogen) atoms. The summed E-state index contributed by atoms with van der Waals surface area (Å²) in [4.78, 5) is 12.2. The zero-order valence-electron chi connectivity index (χ0n) is 11.3. The Balaban J connectivity index is 1.80. The van der Waals surface area contributed by atoms with E-state index in [9.17, 15) is 9.90 Å². The van der Waals surface area contributed by atoms with E-state index in [1.807, 2.05) is 30.3 Å². The maximum Gasteiger partial charge on any atom is 0.255 e. The highest BCUT2D eigenvalue weighted by Gasteiger charge is 2.30. The molecule has 0 atom stereocenters. The van der Waals surface area contributed by atoms with Crippen molar-refractivity contribution in [3.63, 3.8) is 0 Å². The number of fused-ring (bicyclic) bond motifs is 1. The summed E-state index contributed by atoms with van der Waals surface area (Å²) in [6, 6.07) is 11.1. The molecule has 2 aromatic carbocycles. The number of methoxy groups -OCH3 is 1. The summed E-state index contributed by atoms with van der Waals surface area (Å²) in [7, 11) is 1.68. The quantitative estimate of drug-likeness (QED) is 0.901. The number of carbonyl (C=O) groups is 1. The number of carbonyl (C=O) groups excluding carboxylic acids is 1. The van der Waals surface area contributed by atoms with Gasteiger partial charge in [-0.3, -0.25) is 4.79 Å². The summed E-state index contributed by atoms with van der Waals surface area (Å²) in [6.45, 7) is 0. The smallest absolute Gasteiger partial charge is 0.255 e. The fourth-order valence-corrected chi connectivity index (χ4v) is 2.58. The van der Waals surface area contributed by atoms with Crippen LogP contribution in [0.5, 0.6) is 5.75 Å². The third-order valence-corrected chi connectivity index (χ3v) is 3.91. The second-order valence-corrected chi connectivity index (χ2v) is 5.18. The standard InChI is InChI=1S/C16H17NO3/c1-20-12-8-11(9-12)17-16(19)14-7-6-10-4-2-3-5-13(10)15(14)18/h2-7,11-12,18H,8-9H2,1H3,(H,17,19). The fourth-order valence-electron chi connectivity index (χ4n) is 2.58. The Morgan fingerprint density at radius 1 is 1.25 bits per heavy atom. The highest BCUT2D eigenvalue weighted by atomic mass is 16.5. The molecule has 1 saturated carbocycles. The number of hydrogen-bond donors (Lipinski definition) is 2. The van der Waals surface area contributed by atoms with Crippen molar-refractivity contribution in [2.24, 2.45) is 0 Å². The van der Waals surface area contributed by atoms with Crippen LogP contribution in [0.4, 0.5) is 0 Å². The molecule has 1 aliphatic carbocycles. The number of hydrogen-bond acceptors (Lipinski definition) is 3. The van der Waals surface area contributed by atoms with Gasteiger partial charge in [0.15, 0.2) is 0 Å². The summed E-state index contributed by atoms with van der Waals surface area (Å²) < 4.78 is 5.18. The average molecular weight is 271 g/mol.